The van der Waals surface area contributed by atoms with Gasteiger partial charge in [-0.1, -0.05) is 67.6 Å². The molecule has 5 aromatic rings. The van der Waals surface area contributed by atoms with Crippen LogP contribution in [0.1, 0.15) is 39.9 Å². The smallest absolute Gasteiger partial charge is 0.249 e. The Bertz CT molecular complexity index is 1530. The van der Waals surface area contributed by atoms with Gasteiger partial charge >= 0.3 is 0 Å². The predicted molar refractivity (Wildman–Crippen MR) is 141 cm³/mol. The van der Waals surface area contributed by atoms with Gasteiger partial charge in [0.1, 0.15) is 11.3 Å². The molecule has 5 rings (SSSR count). The number of rotatable bonds is 6. The van der Waals surface area contributed by atoms with Gasteiger partial charge in [0.15, 0.2) is 5.65 Å². The number of benzene rings is 3. The molecule has 0 saturated carbocycles. The molecule has 5 nitrogen and oxygen atoms in total. The van der Waals surface area contributed by atoms with Gasteiger partial charge in [-0.2, -0.15) is 0 Å². The molecule has 0 radical (unpaired) electrons. The third kappa shape index (κ3) is 4.33. The van der Waals surface area contributed by atoms with Crippen molar-refractivity contribution in [3.8, 4) is 22.3 Å². The van der Waals surface area contributed by atoms with Crippen molar-refractivity contribution in [2.45, 2.75) is 33.7 Å². The summed E-state index contributed by atoms with van der Waals surface area (Å²) in [5.74, 6) is 0.592. The van der Waals surface area contributed by atoms with Crippen LogP contribution in [-0.2, 0) is 13.0 Å². The SMILES string of the molecule is CCc1nc2c(C)cc(C)nc2n1Cc1ccc(-c2cc(-c3ccccc3)ccc2C(N)=O)cc1. The zero-order valence-corrected chi connectivity index (χ0v) is 20.2. The minimum absolute atomic E-state index is 0.432. The fourth-order valence-electron chi connectivity index (χ4n) is 4.66. The summed E-state index contributed by atoms with van der Waals surface area (Å²) in [7, 11) is 0. The molecule has 2 heterocycles. The minimum atomic E-state index is -0.432. The van der Waals surface area contributed by atoms with E-state index in [1.807, 2.05) is 43.3 Å². The first kappa shape index (κ1) is 22.5. The van der Waals surface area contributed by atoms with Crippen molar-refractivity contribution in [3.05, 3.63) is 107 Å². The van der Waals surface area contributed by atoms with Crippen LogP contribution in [-0.4, -0.2) is 20.4 Å². The molecule has 3 aromatic carbocycles. The van der Waals surface area contributed by atoms with Crippen molar-refractivity contribution in [2.75, 3.05) is 0 Å². The second kappa shape index (κ2) is 9.18. The van der Waals surface area contributed by atoms with Gasteiger partial charge in [-0.3, -0.25) is 4.79 Å². The van der Waals surface area contributed by atoms with E-state index in [0.29, 0.717) is 12.1 Å². The molecule has 174 valence electrons. The van der Waals surface area contributed by atoms with E-state index in [0.717, 1.165) is 62.5 Å². The first-order chi connectivity index (χ1) is 16.9. The molecule has 0 spiro atoms. The van der Waals surface area contributed by atoms with E-state index in [2.05, 4.69) is 60.9 Å². The number of nitrogens with zero attached hydrogens (tertiary/aromatic N) is 3. The number of fused-ring (bicyclic) bond motifs is 1. The zero-order chi connectivity index (χ0) is 24.5. The molecule has 0 saturated heterocycles. The summed E-state index contributed by atoms with van der Waals surface area (Å²) in [5.41, 5.74) is 15.3. The van der Waals surface area contributed by atoms with Crippen LogP contribution in [0.25, 0.3) is 33.4 Å². The molecule has 0 bridgehead atoms. The Labute approximate surface area is 205 Å². The van der Waals surface area contributed by atoms with Gasteiger partial charge in [0.25, 0.3) is 0 Å². The van der Waals surface area contributed by atoms with E-state index >= 15 is 0 Å². The van der Waals surface area contributed by atoms with Crippen molar-refractivity contribution in [2.24, 2.45) is 5.73 Å². The molecular formula is C30H28N4O. The van der Waals surface area contributed by atoms with Crippen LogP contribution in [0, 0.1) is 13.8 Å². The number of hydrogen-bond acceptors (Lipinski definition) is 3. The lowest BCUT2D eigenvalue weighted by Gasteiger charge is -2.12. The van der Waals surface area contributed by atoms with Gasteiger partial charge < -0.3 is 10.3 Å². The fourth-order valence-corrected chi connectivity index (χ4v) is 4.66. The molecule has 0 unspecified atom stereocenters. The Morgan fingerprint density at radius 2 is 1.57 bits per heavy atom. The van der Waals surface area contributed by atoms with Crippen LogP contribution in [0.2, 0.25) is 0 Å². The summed E-state index contributed by atoms with van der Waals surface area (Å²) in [6, 6.07) is 26.3. The van der Waals surface area contributed by atoms with Crippen LogP contribution >= 0.6 is 0 Å². The summed E-state index contributed by atoms with van der Waals surface area (Å²) in [6.07, 6.45) is 0.835. The van der Waals surface area contributed by atoms with Crippen LogP contribution in [0.4, 0.5) is 0 Å². The molecule has 35 heavy (non-hydrogen) atoms. The van der Waals surface area contributed by atoms with Gasteiger partial charge in [0.2, 0.25) is 5.91 Å². The van der Waals surface area contributed by atoms with E-state index in [1.54, 1.807) is 0 Å². The number of hydrogen-bond donors (Lipinski definition) is 1. The average Bonchev–Trinajstić information content (AvgIpc) is 3.22. The Morgan fingerprint density at radius 3 is 2.26 bits per heavy atom. The first-order valence-corrected chi connectivity index (χ1v) is 11.9. The Morgan fingerprint density at radius 1 is 0.857 bits per heavy atom. The van der Waals surface area contributed by atoms with Crippen molar-refractivity contribution in [3.63, 3.8) is 0 Å². The molecule has 1 amide bonds. The summed E-state index contributed by atoms with van der Waals surface area (Å²) in [6.45, 7) is 6.91. The number of aromatic nitrogens is 3. The topological polar surface area (TPSA) is 73.8 Å². The second-order valence-corrected chi connectivity index (χ2v) is 8.91. The van der Waals surface area contributed by atoms with Crippen molar-refractivity contribution in [1.82, 2.24) is 14.5 Å². The van der Waals surface area contributed by atoms with Crippen LogP contribution in [0.3, 0.4) is 0 Å². The molecule has 2 aromatic heterocycles. The summed E-state index contributed by atoms with van der Waals surface area (Å²) in [4.78, 5) is 21.8. The molecule has 0 aliphatic carbocycles. The standard InChI is InChI=1S/C30H28N4O/c1-4-27-33-28-19(2)16-20(3)32-30(28)34(27)18-21-10-12-23(13-11-21)26-17-24(14-15-25(26)29(31)35)22-8-6-5-7-9-22/h5-17H,4,18H2,1-3H3,(H2,31,35). The fraction of sp³-hybridized carbons (Fsp3) is 0.167. The Hall–Kier alpha value is -4.25. The quantitative estimate of drug-likeness (QED) is 0.333. The van der Waals surface area contributed by atoms with Crippen molar-refractivity contribution < 1.29 is 4.79 Å². The monoisotopic (exact) mass is 460 g/mol. The maximum absolute atomic E-state index is 12.2. The third-order valence-corrected chi connectivity index (χ3v) is 6.42. The van der Waals surface area contributed by atoms with E-state index in [4.69, 9.17) is 15.7 Å². The molecule has 0 fully saturated rings. The van der Waals surface area contributed by atoms with Crippen LogP contribution < -0.4 is 5.73 Å². The maximum Gasteiger partial charge on any atom is 0.249 e. The number of pyridine rings is 1. The lowest BCUT2D eigenvalue weighted by atomic mass is 9.94. The number of carbonyl (C=O) groups excluding carboxylic acids is 1. The number of imidazole rings is 1. The Balaban J connectivity index is 1.52. The van der Waals surface area contributed by atoms with Crippen molar-refractivity contribution >= 4 is 17.1 Å². The highest BCUT2D eigenvalue weighted by Crippen LogP contribution is 2.30. The molecule has 0 atom stereocenters. The van der Waals surface area contributed by atoms with E-state index in [-0.39, 0.29) is 0 Å². The first-order valence-electron chi connectivity index (χ1n) is 11.9. The van der Waals surface area contributed by atoms with E-state index in [9.17, 15) is 4.79 Å². The second-order valence-electron chi connectivity index (χ2n) is 8.91. The number of aryl methyl sites for hydroxylation is 3. The van der Waals surface area contributed by atoms with Crippen LogP contribution in [0.15, 0.2) is 78.9 Å². The number of carbonyl (C=O) groups is 1. The van der Waals surface area contributed by atoms with Gasteiger partial charge in [-0.05, 0) is 65.4 Å². The highest BCUT2D eigenvalue weighted by Gasteiger charge is 2.15. The molecule has 2 N–H and O–H groups in total. The van der Waals surface area contributed by atoms with Crippen LogP contribution in [0.5, 0.6) is 0 Å². The van der Waals surface area contributed by atoms with Gasteiger partial charge in [-0.15, -0.1) is 0 Å². The summed E-state index contributed by atoms with van der Waals surface area (Å²) in [5, 5.41) is 0. The molecule has 0 aliphatic heterocycles. The van der Waals surface area contributed by atoms with Gasteiger partial charge in [-0.25, -0.2) is 9.97 Å². The molecule has 0 aliphatic rings. The van der Waals surface area contributed by atoms with Gasteiger partial charge in [0, 0.05) is 17.7 Å². The highest BCUT2D eigenvalue weighted by atomic mass is 16.1. The van der Waals surface area contributed by atoms with E-state index in [1.165, 1.54) is 0 Å². The highest BCUT2D eigenvalue weighted by molar-refractivity contribution is 6.00. The zero-order valence-electron chi connectivity index (χ0n) is 20.2. The number of nitrogens with two attached hydrogens (primary N) is 1. The number of primary amides is 1. The predicted octanol–water partition coefficient (Wildman–Crippen LogP) is 6.09. The summed E-state index contributed by atoms with van der Waals surface area (Å²) < 4.78 is 2.20. The Kier molecular flexibility index (Phi) is 5.91. The normalized spacial score (nSPS) is 11.2. The lowest BCUT2D eigenvalue weighted by molar-refractivity contribution is 0.100. The largest absolute Gasteiger partial charge is 0.366 e. The lowest BCUT2D eigenvalue weighted by Crippen LogP contribution is -2.12. The molecule has 5 heteroatoms. The maximum atomic E-state index is 12.2. The van der Waals surface area contributed by atoms with Crippen molar-refractivity contribution in [1.29, 1.82) is 0 Å². The third-order valence-electron chi connectivity index (χ3n) is 6.42. The number of amides is 1. The minimum Gasteiger partial charge on any atom is -0.366 e. The summed E-state index contributed by atoms with van der Waals surface area (Å²) >= 11 is 0. The van der Waals surface area contributed by atoms with E-state index < -0.39 is 5.91 Å². The average molecular weight is 461 g/mol. The van der Waals surface area contributed by atoms with Gasteiger partial charge in [0.05, 0.1) is 6.54 Å². The molecular weight excluding hydrogens is 432 g/mol.